The zero-order valence-corrected chi connectivity index (χ0v) is 19.2. The van der Waals surface area contributed by atoms with Gasteiger partial charge in [-0.3, -0.25) is 9.30 Å². The van der Waals surface area contributed by atoms with Gasteiger partial charge in [0.2, 0.25) is 0 Å². The molecule has 2 aliphatic rings. The standard InChI is InChI=1S/C23H26F3N5.ClH.H2O/c1-22(18-5-3-2-4-6-18)15-30(12-10-27-22)14-17-9-11-31-19(13-16-7-8-16)28-29-21(31)20(17)23(24,25)26;;/h2-6,9,11,16,27H,7-8,10,12-15H2,1H3;1H;1H2. The number of pyridine rings is 1. The van der Waals surface area contributed by atoms with E-state index in [0.717, 1.165) is 18.4 Å². The van der Waals surface area contributed by atoms with Crippen LogP contribution in [0.15, 0.2) is 42.6 Å². The molecule has 0 bridgehead atoms. The summed E-state index contributed by atoms with van der Waals surface area (Å²) in [6.07, 6.45) is 0.129. The van der Waals surface area contributed by atoms with Crippen LogP contribution in [0.4, 0.5) is 13.2 Å². The summed E-state index contributed by atoms with van der Waals surface area (Å²) in [6.45, 7) is 4.35. The van der Waals surface area contributed by atoms with Crippen LogP contribution < -0.4 is 5.32 Å². The minimum atomic E-state index is -4.49. The smallest absolute Gasteiger partial charge is 0.412 e. The average molecular weight is 484 g/mol. The number of alkyl halides is 3. The van der Waals surface area contributed by atoms with Crippen molar-refractivity contribution in [2.75, 3.05) is 19.6 Å². The third-order valence-corrected chi connectivity index (χ3v) is 6.48. The fraction of sp³-hybridized carbons (Fsp3) is 0.478. The highest BCUT2D eigenvalue weighted by Gasteiger charge is 2.39. The molecule has 1 saturated heterocycles. The number of nitrogens with one attached hydrogen (secondary N) is 1. The Morgan fingerprint density at radius 3 is 2.52 bits per heavy atom. The third kappa shape index (κ3) is 5.16. The van der Waals surface area contributed by atoms with Crippen LogP contribution in [0.25, 0.3) is 5.65 Å². The molecule has 1 atom stereocenters. The van der Waals surface area contributed by atoms with E-state index >= 15 is 0 Å². The molecule has 2 fully saturated rings. The maximum atomic E-state index is 14.1. The molecular weight excluding hydrogens is 455 g/mol. The summed E-state index contributed by atoms with van der Waals surface area (Å²) in [6, 6.07) is 11.7. The number of aromatic nitrogens is 3. The Morgan fingerprint density at radius 1 is 1.12 bits per heavy atom. The SMILES string of the molecule is CC1(c2ccccc2)CN(Cc2ccn3c(CC4CC4)nnc3c2C(F)(F)F)CCN1.Cl.O. The van der Waals surface area contributed by atoms with E-state index in [1.807, 2.05) is 18.2 Å². The molecule has 10 heteroatoms. The van der Waals surface area contributed by atoms with Crippen molar-refractivity contribution in [1.82, 2.24) is 24.8 Å². The first-order valence-corrected chi connectivity index (χ1v) is 10.8. The molecule has 1 saturated carbocycles. The van der Waals surface area contributed by atoms with Crippen molar-refractivity contribution >= 4 is 18.1 Å². The highest BCUT2D eigenvalue weighted by molar-refractivity contribution is 5.85. The van der Waals surface area contributed by atoms with Gasteiger partial charge in [0.05, 0.1) is 5.54 Å². The Kier molecular flexibility index (Phi) is 7.38. The second kappa shape index (κ2) is 9.58. The van der Waals surface area contributed by atoms with Gasteiger partial charge >= 0.3 is 6.18 Å². The minimum Gasteiger partial charge on any atom is -0.412 e. The topological polar surface area (TPSA) is 77.0 Å². The summed E-state index contributed by atoms with van der Waals surface area (Å²) >= 11 is 0. The molecule has 3 aromatic rings. The molecule has 0 radical (unpaired) electrons. The number of benzene rings is 1. The van der Waals surface area contributed by atoms with Gasteiger partial charge in [0.1, 0.15) is 11.4 Å². The highest BCUT2D eigenvalue weighted by Crippen LogP contribution is 2.37. The van der Waals surface area contributed by atoms with Crippen molar-refractivity contribution in [2.24, 2.45) is 5.92 Å². The van der Waals surface area contributed by atoms with Gasteiger partial charge in [-0.15, -0.1) is 22.6 Å². The van der Waals surface area contributed by atoms with Gasteiger partial charge in [0.25, 0.3) is 0 Å². The third-order valence-electron chi connectivity index (χ3n) is 6.48. The first-order chi connectivity index (χ1) is 14.8. The second-order valence-corrected chi connectivity index (χ2v) is 9.01. The molecule has 33 heavy (non-hydrogen) atoms. The molecule has 3 N–H and O–H groups in total. The molecule has 2 aromatic heterocycles. The predicted octanol–water partition coefficient (Wildman–Crippen LogP) is 3.62. The lowest BCUT2D eigenvalue weighted by atomic mass is 9.89. The Bertz CT molecular complexity index is 1090. The number of halogens is 4. The van der Waals surface area contributed by atoms with Gasteiger partial charge < -0.3 is 10.8 Å². The summed E-state index contributed by atoms with van der Waals surface area (Å²) in [5.74, 6) is 1.14. The van der Waals surface area contributed by atoms with E-state index in [-0.39, 0.29) is 41.2 Å². The van der Waals surface area contributed by atoms with Crippen LogP contribution in [-0.4, -0.2) is 44.6 Å². The normalized spacial score (nSPS) is 21.5. The lowest BCUT2D eigenvalue weighted by Gasteiger charge is -2.42. The van der Waals surface area contributed by atoms with Gasteiger partial charge in [-0.05, 0) is 42.9 Å². The summed E-state index contributed by atoms with van der Waals surface area (Å²) in [5.41, 5.74) is 0.330. The lowest BCUT2D eigenvalue weighted by molar-refractivity contribution is -0.137. The summed E-state index contributed by atoms with van der Waals surface area (Å²) in [7, 11) is 0. The van der Waals surface area contributed by atoms with E-state index in [2.05, 4.69) is 39.5 Å². The van der Waals surface area contributed by atoms with Gasteiger partial charge in [-0.2, -0.15) is 13.2 Å². The van der Waals surface area contributed by atoms with E-state index in [4.69, 9.17) is 0 Å². The van der Waals surface area contributed by atoms with Crippen molar-refractivity contribution in [2.45, 2.75) is 44.4 Å². The van der Waals surface area contributed by atoms with Crippen LogP contribution in [0.3, 0.4) is 0 Å². The molecule has 5 rings (SSSR count). The fourth-order valence-corrected chi connectivity index (χ4v) is 4.65. The predicted molar refractivity (Wildman–Crippen MR) is 122 cm³/mol. The van der Waals surface area contributed by atoms with Gasteiger partial charge in [-0.25, -0.2) is 0 Å². The average Bonchev–Trinajstić information content (AvgIpc) is 3.46. The van der Waals surface area contributed by atoms with Crippen molar-refractivity contribution < 1.29 is 18.6 Å². The zero-order chi connectivity index (χ0) is 21.6. The first kappa shape index (κ1) is 25.4. The molecule has 1 unspecified atom stereocenters. The van der Waals surface area contributed by atoms with Gasteiger partial charge in [0, 0.05) is 38.8 Å². The molecule has 0 spiro atoms. The number of rotatable bonds is 5. The fourth-order valence-electron chi connectivity index (χ4n) is 4.65. The number of piperazine rings is 1. The number of hydrogen-bond acceptors (Lipinski definition) is 4. The Labute approximate surface area is 196 Å². The maximum absolute atomic E-state index is 14.1. The summed E-state index contributed by atoms with van der Waals surface area (Å²) in [4.78, 5) is 2.09. The van der Waals surface area contributed by atoms with Crippen LogP contribution in [0.1, 0.15) is 42.3 Å². The summed E-state index contributed by atoms with van der Waals surface area (Å²) in [5, 5.41) is 11.6. The molecule has 6 nitrogen and oxygen atoms in total. The van der Waals surface area contributed by atoms with Crippen LogP contribution in [0.2, 0.25) is 0 Å². The Balaban J connectivity index is 0.00000153. The maximum Gasteiger partial charge on any atom is 0.420 e. The number of fused-ring (bicyclic) bond motifs is 1. The van der Waals surface area contributed by atoms with Crippen LogP contribution >= 0.6 is 12.4 Å². The molecule has 1 aromatic carbocycles. The van der Waals surface area contributed by atoms with Crippen molar-refractivity contribution in [1.29, 1.82) is 0 Å². The van der Waals surface area contributed by atoms with Crippen LogP contribution in [0.5, 0.6) is 0 Å². The van der Waals surface area contributed by atoms with Crippen LogP contribution in [-0.2, 0) is 24.7 Å². The number of nitrogens with zero attached hydrogens (tertiary/aromatic N) is 4. The van der Waals surface area contributed by atoms with Crippen molar-refractivity contribution in [3.63, 3.8) is 0 Å². The number of hydrogen-bond donors (Lipinski definition) is 1. The van der Waals surface area contributed by atoms with Gasteiger partial charge in [0.15, 0.2) is 5.65 Å². The van der Waals surface area contributed by atoms with Gasteiger partial charge in [-0.1, -0.05) is 30.3 Å². The van der Waals surface area contributed by atoms with E-state index in [1.165, 1.54) is 4.40 Å². The summed E-state index contributed by atoms with van der Waals surface area (Å²) < 4.78 is 43.9. The lowest BCUT2D eigenvalue weighted by Crippen LogP contribution is -2.56. The molecule has 0 amide bonds. The van der Waals surface area contributed by atoms with Crippen molar-refractivity contribution in [3.05, 3.63) is 65.1 Å². The largest absolute Gasteiger partial charge is 0.420 e. The quantitative estimate of drug-likeness (QED) is 0.601. The Morgan fingerprint density at radius 2 is 1.85 bits per heavy atom. The highest BCUT2D eigenvalue weighted by atomic mass is 35.5. The molecule has 3 heterocycles. The zero-order valence-electron chi connectivity index (χ0n) is 18.4. The molecule has 1 aliphatic carbocycles. The van der Waals surface area contributed by atoms with E-state index in [1.54, 1.807) is 12.3 Å². The van der Waals surface area contributed by atoms with E-state index < -0.39 is 11.7 Å². The molecule has 180 valence electrons. The minimum absolute atomic E-state index is 0. The Hall–Kier alpha value is -2.20. The molecule has 1 aliphatic heterocycles. The monoisotopic (exact) mass is 483 g/mol. The van der Waals surface area contributed by atoms with E-state index in [0.29, 0.717) is 37.8 Å². The van der Waals surface area contributed by atoms with Crippen molar-refractivity contribution in [3.8, 4) is 0 Å². The second-order valence-electron chi connectivity index (χ2n) is 9.01. The molecular formula is C23H29ClF3N5O. The van der Waals surface area contributed by atoms with Crippen LogP contribution in [0, 0.1) is 5.92 Å². The van der Waals surface area contributed by atoms with E-state index in [9.17, 15) is 13.2 Å². The first-order valence-electron chi connectivity index (χ1n) is 10.8.